The summed E-state index contributed by atoms with van der Waals surface area (Å²) in [5, 5.41) is 9.51. The van der Waals surface area contributed by atoms with Gasteiger partial charge in [-0.3, -0.25) is 0 Å². The number of hydrogen-bond donors (Lipinski definition) is 3. The number of aromatic amines is 3. The zero-order valence-electron chi connectivity index (χ0n) is 25.8. The maximum absolute atomic E-state index is 9.51. The van der Waals surface area contributed by atoms with Crippen molar-refractivity contribution in [2.45, 2.75) is 9.79 Å². The highest BCUT2D eigenvalue weighted by Gasteiger charge is 2.16. The van der Waals surface area contributed by atoms with E-state index in [4.69, 9.17) is 4.98 Å². The number of nitrogens with one attached hydrogen (secondary N) is 3. The second-order valence-electron chi connectivity index (χ2n) is 11.3. The third-order valence-corrected chi connectivity index (χ3v) is 10.1. The van der Waals surface area contributed by atoms with Crippen molar-refractivity contribution in [1.82, 2.24) is 19.9 Å². The molecule has 0 fully saturated rings. The summed E-state index contributed by atoms with van der Waals surface area (Å²) in [7, 11) is 0. The molecule has 7 heteroatoms. The Morgan fingerprint density at radius 2 is 0.830 bits per heavy atom. The number of fused-ring (bicyclic) bond motifs is 9. The molecule has 3 N–H and O–H groups in total. The van der Waals surface area contributed by atoms with Crippen LogP contribution in [0.25, 0.3) is 78.6 Å². The molecule has 8 bridgehead atoms. The number of benzene rings is 3. The molecule has 47 heavy (non-hydrogen) atoms. The molecule has 0 spiro atoms. The van der Waals surface area contributed by atoms with Crippen molar-refractivity contribution in [3.8, 4) is 39.4 Å². The van der Waals surface area contributed by atoms with Crippen LogP contribution in [0.4, 0.5) is 0 Å². The second kappa shape index (κ2) is 12.1. The summed E-state index contributed by atoms with van der Waals surface area (Å²) < 4.78 is 0. The van der Waals surface area contributed by atoms with Gasteiger partial charge >= 0.3 is 0 Å². The minimum absolute atomic E-state index is 0.619. The summed E-state index contributed by atoms with van der Waals surface area (Å²) in [6, 6.07) is 40.2. The fraction of sp³-hybridized carbons (Fsp3) is 0.0500. The summed E-state index contributed by atoms with van der Waals surface area (Å²) in [6.07, 6.45) is 8.38. The van der Waals surface area contributed by atoms with Crippen LogP contribution in [0.15, 0.2) is 119 Å². The minimum atomic E-state index is 0.619. The Kier molecular flexibility index (Phi) is 7.45. The van der Waals surface area contributed by atoms with E-state index in [1.165, 1.54) is 9.79 Å². The van der Waals surface area contributed by atoms with Crippen LogP contribution in [0.1, 0.15) is 17.0 Å². The van der Waals surface area contributed by atoms with Gasteiger partial charge in [0, 0.05) is 48.5 Å². The van der Waals surface area contributed by atoms with Gasteiger partial charge < -0.3 is 15.0 Å². The lowest BCUT2D eigenvalue weighted by molar-refractivity contribution is 1.32. The number of H-pyrrole nitrogens is 3. The lowest BCUT2D eigenvalue weighted by Crippen LogP contribution is -1.88. The van der Waals surface area contributed by atoms with Gasteiger partial charge in [0.15, 0.2) is 0 Å². The molecule has 3 aromatic carbocycles. The Morgan fingerprint density at radius 3 is 1.26 bits per heavy atom. The van der Waals surface area contributed by atoms with E-state index in [1.807, 2.05) is 24.3 Å². The summed E-state index contributed by atoms with van der Waals surface area (Å²) in [5.74, 6) is 0. The molecular weight excluding hydrogens is 615 g/mol. The summed E-state index contributed by atoms with van der Waals surface area (Å²) >= 11 is 3.46. The summed E-state index contributed by atoms with van der Waals surface area (Å²) in [5.41, 5.74) is 14.6. The molecule has 0 saturated carbocycles. The fourth-order valence-electron chi connectivity index (χ4n) is 6.29. The molecule has 226 valence electrons. The predicted molar refractivity (Wildman–Crippen MR) is 200 cm³/mol. The van der Waals surface area contributed by atoms with Crippen molar-refractivity contribution in [2.24, 2.45) is 0 Å². The minimum Gasteiger partial charge on any atom is -0.354 e. The highest BCUT2D eigenvalue weighted by Crippen LogP contribution is 2.37. The molecule has 1 aliphatic heterocycles. The predicted octanol–water partition coefficient (Wildman–Crippen LogP) is 11.0. The molecule has 8 rings (SSSR count). The average molecular weight is 644 g/mol. The molecule has 4 aromatic heterocycles. The van der Waals surface area contributed by atoms with Crippen LogP contribution in [0.5, 0.6) is 0 Å². The SMILES string of the molecule is CSc1ccc(-c2c3nc(c(-c4ccc(C#N)cc4)c4ccc([nH]4)c(-c4ccc(SC)cc4)c4ccc([nH]4)c4ccc2[nH]4)C=C3)cc1. The quantitative estimate of drug-likeness (QED) is 0.163. The van der Waals surface area contributed by atoms with E-state index in [9.17, 15) is 5.26 Å². The third-order valence-electron chi connectivity index (χ3n) is 8.64. The van der Waals surface area contributed by atoms with Crippen molar-refractivity contribution < 1.29 is 0 Å². The van der Waals surface area contributed by atoms with E-state index in [-0.39, 0.29) is 0 Å². The van der Waals surface area contributed by atoms with Crippen LogP contribution in [0.3, 0.4) is 0 Å². The fourth-order valence-corrected chi connectivity index (χ4v) is 7.11. The highest BCUT2D eigenvalue weighted by molar-refractivity contribution is 7.98. The van der Waals surface area contributed by atoms with Crippen molar-refractivity contribution in [2.75, 3.05) is 12.5 Å². The Morgan fingerprint density at radius 1 is 0.468 bits per heavy atom. The van der Waals surface area contributed by atoms with Gasteiger partial charge in [-0.15, -0.1) is 23.5 Å². The van der Waals surface area contributed by atoms with E-state index >= 15 is 0 Å². The van der Waals surface area contributed by atoms with E-state index in [0.29, 0.717) is 5.56 Å². The Balaban J connectivity index is 1.51. The molecule has 0 unspecified atom stereocenters. The molecule has 0 radical (unpaired) electrons. The first kappa shape index (κ1) is 29.0. The van der Waals surface area contributed by atoms with Gasteiger partial charge in [0.1, 0.15) is 0 Å². The molecule has 0 amide bonds. The molecule has 5 nitrogen and oxygen atoms in total. The molecule has 0 atom stereocenters. The zero-order chi connectivity index (χ0) is 31.9. The van der Waals surface area contributed by atoms with E-state index in [2.05, 4.69) is 131 Å². The Labute approximate surface area is 280 Å². The van der Waals surface area contributed by atoms with E-state index < -0.39 is 0 Å². The third kappa shape index (κ3) is 5.32. The summed E-state index contributed by atoms with van der Waals surface area (Å²) in [6.45, 7) is 0. The maximum atomic E-state index is 9.51. The van der Waals surface area contributed by atoms with Crippen molar-refractivity contribution in [3.05, 3.63) is 126 Å². The largest absolute Gasteiger partial charge is 0.354 e. The smallest absolute Gasteiger partial charge is 0.0991 e. The Hall–Kier alpha value is -5.42. The number of aromatic nitrogens is 4. The van der Waals surface area contributed by atoms with Crippen LogP contribution in [0, 0.1) is 11.3 Å². The van der Waals surface area contributed by atoms with Crippen molar-refractivity contribution in [1.29, 1.82) is 5.26 Å². The molecule has 0 saturated heterocycles. The first-order valence-electron chi connectivity index (χ1n) is 15.3. The number of nitrogens with zero attached hydrogens (tertiary/aromatic N) is 2. The van der Waals surface area contributed by atoms with Crippen molar-refractivity contribution >= 4 is 68.8 Å². The monoisotopic (exact) mass is 643 g/mol. The average Bonchev–Trinajstić information content (AvgIpc) is 3.95. The lowest BCUT2D eigenvalue weighted by Gasteiger charge is -2.06. The first-order chi connectivity index (χ1) is 23.1. The van der Waals surface area contributed by atoms with E-state index in [0.717, 1.165) is 77.9 Å². The molecule has 5 heterocycles. The first-order valence-corrected chi connectivity index (χ1v) is 17.7. The highest BCUT2D eigenvalue weighted by atomic mass is 32.2. The normalized spacial score (nSPS) is 11.7. The van der Waals surface area contributed by atoms with Gasteiger partial charge in [0.25, 0.3) is 0 Å². The van der Waals surface area contributed by atoms with Gasteiger partial charge in [-0.25, -0.2) is 4.98 Å². The number of rotatable bonds is 5. The second-order valence-corrected chi connectivity index (χ2v) is 13.1. The van der Waals surface area contributed by atoms with Crippen LogP contribution in [-0.2, 0) is 0 Å². The topological polar surface area (TPSA) is 84.0 Å². The zero-order valence-corrected chi connectivity index (χ0v) is 27.4. The number of nitriles is 1. The van der Waals surface area contributed by atoms with Crippen LogP contribution < -0.4 is 0 Å². The summed E-state index contributed by atoms with van der Waals surface area (Å²) in [4.78, 5) is 18.9. The molecular formula is C40H29N5S2. The Bertz CT molecular complexity index is 2470. The van der Waals surface area contributed by atoms with Crippen LogP contribution in [0.2, 0.25) is 0 Å². The van der Waals surface area contributed by atoms with Gasteiger partial charge in [-0.2, -0.15) is 5.26 Å². The number of thioether (sulfide) groups is 2. The van der Waals surface area contributed by atoms with Crippen LogP contribution >= 0.6 is 23.5 Å². The maximum Gasteiger partial charge on any atom is 0.0991 e. The standard InChI is InChI=1S/C40H29N5S2/c1-46-28-11-7-26(8-12-28)39-32-17-15-30(42-32)31-16-18-33(43-31)40(27-9-13-29(47-2)14-10-27)37-22-20-35(45-37)38(34-19-21-36(39)44-34)25-5-3-24(23-41)4-6-25/h3-22,42-44H,1-2H3. The molecule has 0 aliphatic carbocycles. The molecule has 1 aliphatic rings. The van der Waals surface area contributed by atoms with Gasteiger partial charge in [0.05, 0.1) is 34.1 Å². The van der Waals surface area contributed by atoms with Gasteiger partial charge in [0.2, 0.25) is 0 Å². The van der Waals surface area contributed by atoms with E-state index in [1.54, 1.807) is 23.5 Å². The van der Waals surface area contributed by atoms with Gasteiger partial charge in [-0.1, -0.05) is 36.4 Å². The number of hydrogen-bond acceptors (Lipinski definition) is 4. The van der Waals surface area contributed by atoms with Crippen molar-refractivity contribution in [3.63, 3.8) is 0 Å². The van der Waals surface area contributed by atoms with Gasteiger partial charge in [-0.05, 0) is 114 Å². The lowest BCUT2D eigenvalue weighted by atomic mass is 10.0. The molecule has 7 aromatic rings. The van der Waals surface area contributed by atoms with Crippen LogP contribution in [-0.4, -0.2) is 32.4 Å².